The minimum Gasteiger partial charge on any atom is -0.378 e. The van der Waals surface area contributed by atoms with Gasteiger partial charge in [-0.2, -0.15) is 0 Å². The maximum absolute atomic E-state index is 5.28. The number of methoxy groups -OCH3 is 1. The molecule has 0 saturated carbocycles. The number of aromatic nitrogens is 2. The summed E-state index contributed by atoms with van der Waals surface area (Å²) in [5, 5.41) is 4.53. The molecule has 0 aliphatic carbocycles. The Morgan fingerprint density at radius 3 is 2.71 bits per heavy atom. The molecule has 2 heterocycles. The van der Waals surface area contributed by atoms with Gasteiger partial charge >= 0.3 is 0 Å². The van der Waals surface area contributed by atoms with Gasteiger partial charge in [0, 0.05) is 42.0 Å². The van der Waals surface area contributed by atoms with E-state index in [9.17, 15) is 0 Å². The number of thiazole rings is 1. The quantitative estimate of drug-likeness (QED) is 0.917. The van der Waals surface area contributed by atoms with Crippen LogP contribution >= 0.6 is 11.3 Å². The number of hydrogen-bond donors (Lipinski definition) is 1. The Morgan fingerprint density at radius 1 is 1.33 bits per heavy atom. The second-order valence-electron chi connectivity index (χ2n) is 6.12. The molecule has 0 saturated heterocycles. The monoisotopic (exact) mass is 305 g/mol. The lowest BCUT2D eigenvalue weighted by Crippen LogP contribution is -2.35. The highest BCUT2D eigenvalue weighted by Crippen LogP contribution is 2.30. The van der Waals surface area contributed by atoms with Gasteiger partial charge in [-0.25, -0.2) is 4.98 Å². The minimum absolute atomic E-state index is 0.0821. The summed E-state index contributed by atoms with van der Waals surface area (Å²) < 4.78 is 5.28. The first kappa shape index (κ1) is 16.1. The zero-order valence-electron chi connectivity index (χ0n) is 13.4. The number of hydrogen-bond acceptors (Lipinski definition) is 5. The predicted molar refractivity (Wildman–Crippen MR) is 87.4 cm³/mol. The summed E-state index contributed by atoms with van der Waals surface area (Å²) in [6.45, 7) is 9.92. The Hall–Kier alpha value is -1.30. The van der Waals surface area contributed by atoms with E-state index in [-0.39, 0.29) is 5.54 Å². The highest BCUT2D eigenvalue weighted by molar-refractivity contribution is 7.15. The summed E-state index contributed by atoms with van der Waals surface area (Å²) in [6.07, 6.45) is 3.69. The van der Waals surface area contributed by atoms with Gasteiger partial charge in [-0.3, -0.25) is 4.98 Å². The molecular weight excluding hydrogens is 282 g/mol. The largest absolute Gasteiger partial charge is 0.378 e. The molecule has 0 atom stereocenters. The molecule has 5 heteroatoms. The van der Waals surface area contributed by atoms with E-state index in [4.69, 9.17) is 9.72 Å². The van der Waals surface area contributed by atoms with Gasteiger partial charge in [0.15, 0.2) is 0 Å². The first-order valence-electron chi connectivity index (χ1n) is 7.04. The molecule has 21 heavy (non-hydrogen) atoms. The van der Waals surface area contributed by atoms with Crippen LogP contribution in [0, 0.1) is 6.92 Å². The molecular formula is C16H23N3OS. The third kappa shape index (κ3) is 4.33. The lowest BCUT2D eigenvalue weighted by atomic mass is 10.1. The van der Waals surface area contributed by atoms with Crippen molar-refractivity contribution in [2.75, 3.05) is 7.11 Å². The van der Waals surface area contributed by atoms with Crippen molar-refractivity contribution in [3.8, 4) is 10.6 Å². The second-order valence-corrected chi connectivity index (χ2v) is 7.20. The van der Waals surface area contributed by atoms with E-state index < -0.39 is 0 Å². The number of nitrogens with zero attached hydrogens (tertiary/aromatic N) is 2. The van der Waals surface area contributed by atoms with E-state index in [0.717, 1.165) is 22.8 Å². The molecule has 0 unspecified atom stereocenters. The standard InChI is InChI=1S/C16H23N3OS/c1-11-6-7-17-8-12(11)15-19-13(10-20-5)14(21-15)9-18-16(2,3)4/h6-8,18H,9-10H2,1-5H3. The second kappa shape index (κ2) is 6.64. The number of ether oxygens (including phenoxy) is 1. The van der Waals surface area contributed by atoms with Crippen molar-refractivity contribution in [3.05, 3.63) is 34.6 Å². The molecule has 114 valence electrons. The molecule has 2 aromatic rings. The summed E-state index contributed by atoms with van der Waals surface area (Å²) in [4.78, 5) is 10.2. The smallest absolute Gasteiger partial charge is 0.125 e. The molecule has 4 nitrogen and oxygen atoms in total. The fourth-order valence-electron chi connectivity index (χ4n) is 1.92. The van der Waals surface area contributed by atoms with Crippen LogP contribution in [0.4, 0.5) is 0 Å². The molecule has 0 spiro atoms. The van der Waals surface area contributed by atoms with Crippen LogP contribution in [0.25, 0.3) is 10.6 Å². The highest BCUT2D eigenvalue weighted by Gasteiger charge is 2.16. The first-order chi connectivity index (χ1) is 9.90. The van der Waals surface area contributed by atoms with Gasteiger partial charge in [-0.15, -0.1) is 11.3 Å². The number of nitrogens with one attached hydrogen (secondary N) is 1. The highest BCUT2D eigenvalue weighted by atomic mass is 32.1. The Kier molecular flexibility index (Phi) is 5.08. The van der Waals surface area contributed by atoms with E-state index >= 15 is 0 Å². The van der Waals surface area contributed by atoms with E-state index in [1.165, 1.54) is 10.4 Å². The summed E-state index contributed by atoms with van der Waals surface area (Å²) >= 11 is 1.71. The summed E-state index contributed by atoms with van der Waals surface area (Å²) in [5.41, 5.74) is 3.39. The molecule has 0 aliphatic heterocycles. The van der Waals surface area contributed by atoms with Gasteiger partial charge in [-0.1, -0.05) is 0 Å². The van der Waals surface area contributed by atoms with Crippen LogP contribution in [0.15, 0.2) is 18.5 Å². The van der Waals surface area contributed by atoms with Crippen molar-refractivity contribution in [1.82, 2.24) is 15.3 Å². The zero-order valence-corrected chi connectivity index (χ0v) is 14.2. The lowest BCUT2D eigenvalue weighted by Gasteiger charge is -2.20. The third-order valence-electron chi connectivity index (χ3n) is 3.11. The van der Waals surface area contributed by atoms with Gasteiger partial charge in [-0.05, 0) is 39.3 Å². The van der Waals surface area contributed by atoms with Crippen molar-refractivity contribution in [1.29, 1.82) is 0 Å². The molecule has 0 aromatic carbocycles. The Balaban J connectivity index is 2.30. The number of rotatable bonds is 5. The van der Waals surface area contributed by atoms with Gasteiger partial charge in [0.05, 0.1) is 12.3 Å². The molecule has 1 N–H and O–H groups in total. The molecule has 0 bridgehead atoms. The van der Waals surface area contributed by atoms with Crippen molar-refractivity contribution in [3.63, 3.8) is 0 Å². The average molecular weight is 305 g/mol. The molecule has 0 fully saturated rings. The van der Waals surface area contributed by atoms with Crippen LogP contribution in [-0.2, 0) is 17.9 Å². The first-order valence-corrected chi connectivity index (χ1v) is 7.86. The van der Waals surface area contributed by atoms with Gasteiger partial charge < -0.3 is 10.1 Å². The van der Waals surface area contributed by atoms with Crippen molar-refractivity contribution < 1.29 is 4.74 Å². The number of pyridine rings is 1. The number of aryl methyl sites for hydroxylation is 1. The SMILES string of the molecule is COCc1nc(-c2cnccc2C)sc1CNC(C)(C)C. The van der Waals surface area contributed by atoms with Crippen LogP contribution in [0.2, 0.25) is 0 Å². The average Bonchev–Trinajstić information content (AvgIpc) is 2.80. The summed E-state index contributed by atoms with van der Waals surface area (Å²) in [7, 11) is 1.70. The predicted octanol–water partition coefficient (Wildman–Crippen LogP) is 3.55. The minimum atomic E-state index is 0.0821. The van der Waals surface area contributed by atoms with Gasteiger partial charge in [0.2, 0.25) is 0 Å². The lowest BCUT2D eigenvalue weighted by molar-refractivity contribution is 0.181. The maximum atomic E-state index is 5.28. The Morgan fingerprint density at radius 2 is 2.10 bits per heavy atom. The zero-order chi connectivity index (χ0) is 15.5. The van der Waals surface area contributed by atoms with Crippen molar-refractivity contribution >= 4 is 11.3 Å². The molecule has 2 rings (SSSR count). The van der Waals surface area contributed by atoms with Gasteiger partial charge in [0.25, 0.3) is 0 Å². The normalized spacial score (nSPS) is 11.9. The Bertz CT molecular complexity index is 602. The third-order valence-corrected chi connectivity index (χ3v) is 4.24. The van der Waals surface area contributed by atoms with Crippen LogP contribution in [0.1, 0.15) is 36.9 Å². The van der Waals surface area contributed by atoms with Crippen molar-refractivity contribution in [2.24, 2.45) is 0 Å². The summed E-state index contributed by atoms with van der Waals surface area (Å²) in [5.74, 6) is 0. The molecule has 2 aromatic heterocycles. The topological polar surface area (TPSA) is 47.0 Å². The fourth-order valence-corrected chi connectivity index (χ4v) is 3.00. The van der Waals surface area contributed by atoms with Crippen LogP contribution in [0.3, 0.4) is 0 Å². The van der Waals surface area contributed by atoms with E-state index in [1.807, 2.05) is 18.5 Å². The van der Waals surface area contributed by atoms with Crippen LogP contribution < -0.4 is 5.32 Å². The van der Waals surface area contributed by atoms with E-state index in [0.29, 0.717) is 6.61 Å². The van der Waals surface area contributed by atoms with Crippen LogP contribution in [0.5, 0.6) is 0 Å². The van der Waals surface area contributed by atoms with Gasteiger partial charge in [0.1, 0.15) is 5.01 Å². The van der Waals surface area contributed by atoms with Crippen LogP contribution in [-0.4, -0.2) is 22.6 Å². The fraction of sp³-hybridized carbons (Fsp3) is 0.500. The van der Waals surface area contributed by atoms with Crippen molar-refractivity contribution in [2.45, 2.75) is 46.4 Å². The molecule has 0 amide bonds. The molecule has 0 aliphatic rings. The Labute approximate surface area is 130 Å². The van der Waals surface area contributed by atoms with E-state index in [1.54, 1.807) is 18.4 Å². The summed E-state index contributed by atoms with van der Waals surface area (Å²) in [6, 6.07) is 2.01. The maximum Gasteiger partial charge on any atom is 0.125 e. The van der Waals surface area contributed by atoms with E-state index in [2.05, 4.69) is 38.0 Å². The molecule has 0 radical (unpaired) electrons.